The van der Waals surface area contributed by atoms with E-state index in [1.807, 2.05) is 0 Å². The molecule has 1 N–H and O–H groups in total. The SMILES string of the molecule is COc1ccc(NC2=C(c3ccccc3OC)C(=O)N(C)C2=O)cc1Cl. The van der Waals surface area contributed by atoms with Gasteiger partial charge in [0.2, 0.25) is 0 Å². The van der Waals surface area contributed by atoms with Crippen molar-refractivity contribution < 1.29 is 19.1 Å². The summed E-state index contributed by atoms with van der Waals surface area (Å²) in [7, 11) is 4.47. The van der Waals surface area contributed by atoms with E-state index >= 15 is 0 Å². The standard InChI is InChI=1S/C19H17ClN2O4/c1-22-18(23)16(12-6-4-5-7-14(12)25-2)17(19(22)24)21-11-8-9-15(26-3)13(20)10-11/h4-10,21H,1-3H3. The molecule has 2 aromatic carbocycles. The molecule has 0 saturated carbocycles. The number of ether oxygens (including phenoxy) is 2. The van der Waals surface area contributed by atoms with Crippen molar-refractivity contribution >= 4 is 34.7 Å². The van der Waals surface area contributed by atoms with Gasteiger partial charge in [0.05, 0.1) is 24.8 Å². The van der Waals surface area contributed by atoms with Gasteiger partial charge in [-0.2, -0.15) is 0 Å². The van der Waals surface area contributed by atoms with Crippen LogP contribution in [0.15, 0.2) is 48.2 Å². The summed E-state index contributed by atoms with van der Waals surface area (Å²) in [5.41, 5.74) is 1.53. The highest BCUT2D eigenvalue weighted by Crippen LogP contribution is 2.35. The molecule has 0 radical (unpaired) electrons. The smallest absolute Gasteiger partial charge is 0.277 e. The molecule has 0 aromatic heterocycles. The van der Waals surface area contributed by atoms with E-state index in [9.17, 15) is 9.59 Å². The summed E-state index contributed by atoms with van der Waals surface area (Å²) in [6, 6.07) is 12.1. The summed E-state index contributed by atoms with van der Waals surface area (Å²) in [6.45, 7) is 0. The van der Waals surface area contributed by atoms with Crippen LogP contribution in [0, 0.1) is 0 Å². The number of halogens is 1. The van der Waals surface area contributed by atoms with Crippen LogP contribution in [0.5, 0.6) is 11.5 Å². The molecule has 7 heteroatoms. The Morgan fingerprint density at radius 2 is 1.65 bits per heavy atom. The zero-order valence-corrected chi connectivity index (χ0v) is 15.3. The Balaban J connectivity index is 2.10. The molecule has 2 amide bonds. The minimum atomic E-state index is -0.428. The molecule has 0 spiro atoms. The van der Waals surface area contributed by atoms with Gasteiger partial charge in [0.25, 0.3) is 11.8 Å². The van der Waals surface area contributed by atoms with Gasteiger partial charge in [-0.15, -0.1) is 0 Å². The van der Waals surface area contributed by atoms with Gasteiger partial charge in [-0.05, 0) is 24.3 Å². The van der Waals surface area contributed by atoms with Gasteiger partial charge in [0.1, 0.15) is 17.2 Å². The summed E-state index contributed by atoms with van der Waals surface area (Å²) in [5, 5.41) is 3.41. The number of methoxy groups -OCH3 is 2. The molecule has 0 atom stereocenters. The number of benzene rings is 2. The lowest BCUT2D eigenvalue weighted by molar-refractivity contribution is -0.135. The number of rotatable bonds is 5. The number of nitrogens with one attached hydrogen (secondary N) is 1. The topological polar surface area (TPSA) is 67.9 Å². The van der Waals surface area contributed by atoms with Crippen molar-refractivity contribution in [1.29, 1.82) is 0 Å². The second-order valence-electron chi connectivity index (χ2n) is 5.59. The quantitative estimate of drug-likeness (QED) is 0.816. The highest BCUT2D eigenvalue weighted by atomic mass is 35.5. The van der Waals surface area contributed by atoms with E-state index in [0.717, 1.165) is 4.90 Å². The summed E-state index contributed by atoms with van der Waals surface area (Å²) in [6.07, 6.45) is 0. The van der Waals surface area contributed by atoms with E-state index in [1.54, 1.807) is 42.5 Å². The molecular formula is C19H17ClN2O4. The maximum Gasteiger partial charge on any atom is 0.277 e. The number of likely N-dealkylation sites (N-methyl/N-ethyl adjacent to an activating group) is 1. The highest BCUT2D eigenvalue weighted by molar-refractivity contribution is 6.37. The van der Waals surface area contributed by atoms with Crippen LogP contribution in [-0.2, 0) is 9.59 Å². The van der Waals surface area contributed by atoms with Gasteiger partial charge in [0, 0.05) is 18.3 Å². The van der Waals surface area contributed by atoms with Crippen molar-refractivity contribution in [3.63, 3.8) is 0 Å². The summed E-state index contributed by atoms with van der Waals surface area (Å²) in [4.78, 5) is 26.3. The minimum Gasteiger partial charge on any atom is -0.496 e. The number of para-hydroxylation sites is 1. The fraction of sp³-hybridized carbons (Fsp3) is 0.158. The first-order chi connectivity index (χ1) is 12.5. The van der Waals surface area contributed by atoms with Crippen LogP contribution in [0.25, 0.3) is 5.57 Å². The molecule has 1 aliphatic heterocycles. The third-order valence-electron chi connectivity index (χ3n) is 4.08. The molecule has 26 heavy (non-hydrogen) atoms. The van der Waals surface area contributed by atoms with Crippen molar-refractivity contribution in [3.8, 4) is 11.5 Å². The number of nitrogens with zero attached hydrogens (tertiary/aromatic N) is 1. The third-order valence-corrected chi connectivity index (χ3v) is 4.38. The number of carbonyl (C=O) groups excluding carboxylic acids is 2. The molecule has 0 bridgehead atoms. The largest absolute Gasteiger partial charge is 0.496 e. The van der Waals surface area contributed by atoms with Crippen LogP contribution in [0.3, 0.4) is 0 Å². The van der Waals surface area contributed by atoms with E-state index in [0.29, 0.717) is 27.8 Å². The van der Waals surface area contributed by atoms with Gasteiger partial charge < -0.3 is 14.8 Å². The number of hydrogen-bond donors (Lipinski definition) is 1. The van der Waals surface area contributed by atoms with Gasteiger partial charge >= 0.3 is 0 Å². The maximum atomic E-state index is 12.7. The molecule has 2 aromatic rings. The zero-order valence-electron chi connectivity index (χ0n) is 14.5. The molecule has 134 valence electrons. The number of hydrogen-bond acceptors (Lipinski definition) is 5. The maximum absolute atomic E-state index is 12.7. The molecule has 0 unspecified atom stereocenters. The molecule has 0 fully saturated rings. The Kier molecular flexibility index (Phi) is 4.86. The summed E-state index contributed by atoms with van der Waals surface area (Å²) < 4.78 is 10.5. The number of anilines is 1. The minimum absolute atomic E-state index is 0.170. The molecular weight excluding hydrogens is 356 g/mol. The molecule has 6 nitrogen and oxygen atoms in total. The Labute approximate surface area is 156 Å². The third kappa shape index (κ3) is 2.99. The van der Waals surface area contributed by atoms with Gasteiger partial charge in [-0.25, -0.2) is 0 Å². The first-order valence-corrected chi connectivity index (χ1v) is 8.16. The van der Waals surface area contributed by atoms with Crippen LogP contribution in [0.4, 0.5) is 5.69 Å². The Hall–Kier alpha value is -2.99. The highest BCUT2D eigenvalue weighted by Gasteiger charge is 2.38. The first-order valence-electron chi connectivity index (χ1n) is 7.78. The Bertz CT molecular complexity index is 924. The summed E-state index contributed by atoms with van der Waals surface area (Å²) >= 11 is 6.15. The Morgan fingerprint density at radius 3 is 2.31 bits per heavy atom. The van der Waals surface area contributed by atoms with Gasteiger partial charge in [-0.1, -0.05) is 29.8 Å². The average molecular weight is 373 g/mol. The van der Waals surface area contributed by atoms with Crippen LogP contribution in [0.1, 0.15) is 5.56 Å². The normalized spacial score (nSPS) is 14.1. The molecule has 0 aliphatic carbocycles. The van der Waals surface area contributed by atoms with Crippen molar-refractivity contribution in [2.45, 2.75) is 0 Å². The summed E-state index contributed by atoms with van der Waals surface area (Å²) in [5.74, 6) is 0.192. The van der Waals surface area contributed by atoms with Crippen molar-refractivity contribution in [2.24, 2.45) is 0 Å². The van der Waals surface area contributed by atoms with Crippen molar-refractivity contribution in [1.82, 2.24) is 4.90 Å². The lowest BCUT2D eigenvalue weighted by atomic mass is 10.0. The zero-order chi connectivity index (χ0) is 18.8. The van der Waals surface area contributed by atoms with Gasteiger partial charge in [-0.3, -0.25) is 14.5 Å². The number of imide groups is 1. The second-order valence-corrected chi connectivity index (χ2v) is 6.00. The van der Waals surface area contributed by atoms with E-state index in [-0.39, 0.29) is 11.3 Å². The van der Waals surface area contributed by atoms with Crippen molar-refractivity contribution in [3.05, 3.63) is 58.7 Å². The van der Waals surface area contributed by atoms with Crippen LogP contribution < -0.4 is 14.8 Å². The fourth-order valence-electron chi connectivity index (χ4n) is 2.75. The predicted octanol–water partition coefficient (Wildman–Crippen LogP) is 3.18. The first kappa shape index (κ1) is 17.8. The number of carbonyl (C=O) groups is 2. The van der Waals surface area contributed by atoms with Gasteiger partial charge in [0.15, 0.2) is 0 Å². The molecule has 0 saturated heterocycles. The van der Waals surface area contributed by atoms with Crippen LogP contribution in [-0.4, -0.2) is 38.0 Å². The van der Waals surface area contributed by atoms with Crippen molar-refractivity contribution in [2.75, 3.05) is 26.6 Å². The Morgan fingerprint density at radius 1 is 0.962 bits per heavy atom. The fourth-order valence-corrected chi connectivity index (χ4v) is 3.00. The predicted molar refractivity (Wildman–Crippen MR) is 99.3 cm³/mol. The molecule has 1 aliphatic rings. The van der Waals surface area contributed by atoms with Crippen LogP contribution in [0.2, 0.25) is 5.02 Å². The van der Waals surface area contributed by atoms with E-state index in [2.05, 4.69) is 5.32 Å². The second kappa shape index (κ2) is 7.09. The lowest BCUT2D eigenvalue weighted by Crippen LogP contribution is -2.27. The van der Waals surface area contributed by atoms with E-state index < -0.39 is 11.8 Å². The monoisotopic (exact) mass is 372 g/mol. The van der Waals surface area contributed by atoms with Crippen LogP contribution >= 0.6 is 11.6 Å². The van der Waals surface area contributed by atoms with E-state index in [1.165, 1.54) is 21.3 Å². The average Bonchev–Trinajstić information content (AvgIpc) is 2.86. The van der Waals surface area contributed by atoms with E-state index in [4.69, 9.17) is 21.1 Å². The molecule has 1 heterocycles. The molecule has 3 rings (SSSR count). The number of amides is 2. The lowest BCUT2D eigenvalue weighted by Gasteiger charge is -2.12.